The number of rotatable bonds is 4. The number of fused-ring (bicyclic) bond motifs is 1. The molecule has 0 saturated heterocycles. The van der Waals surface area contributed by atoms with Gasteiger partial charge in [0, 0.05) is 0 Å². The number of carbonyl (C=O) groups excluding carboxylic acids is 3. The van der Waals surface area contributed by atoms with E-state index in [1.165, 1.54) is 11.3 Å². The summed E-state index contributed by atoms with van der Waals surface area (Å²) in [6.45, 7) is 7.35. The number of aromatic nitrogens is 1. The van der Waals surface area contributed by atoms with Gasteiger partial charge in [-0.15, -0.1) is 11.3 Å². The number of imide groups is 1. The predicted octanol–water partition coefficient (Wildman–Crippen LogP) is 5.04. The van der Waals surface area contributed by atoms with Crippen molar-refractivity contribution in [1.29, 1.82) is 0 Å². The Labute approximate surface area is 208 Å². The molecule has 4 rings (SSSR count). The highest BCUT2D eigenvalue weighted by Gasteiger charge is 2.34. The molecule has 8 heteroatoms. The molecule has 0 saturated carbocycles. The molecule has 178 valence electrons. The van der Waals surface area contributed by atoms with Gasteiger partial charge in [-0.1, -0.05) is 42.3 Å². The van der Waals surface area contributed by atoms with E-state index in [1.807, 2.05) is 52.0 Å². The van der Waals surface area contributed by atoms with Crippen molar-refractivity contribution in [3.8, 4) is 22.3 Å². The Kier molecular flexibility index (Phi) is 6.72. The van der Waals surface area contributed by atoms with Crippen LogP contribution in [0.25, 0.3) is 10.4 Å². The van der Waals surface area contributed by atoms with E-state index in [1.54, 1.807) is 29.8 Å². The van der Waals surface area contributed by atoms with Crippen LogP contribution < -0.4 is 5.32 Å². The lowest BCUT2D eigenvalue weighted by molar-refractivity contribution is 0.0507. The van der Waals surface area contributed by atoms with Gasteiger partial charge in [-0.2, -0.15) is 0 Å². The summed E-state index contributed by atoms with van der Waals surface area (Å²) in [6.07, 6.45) is -0.466. The summed E-state index contributed by atoms with van der Waals surface area (Å²) in [7, 11) is 0. The van der Waals surface area contributed by atoms with Gasteiger partial charge in [0.05, 0.1) is 34.1 Å². The number of hydrogen-bond acceptors (Lipinski definition) is 6. The average molecular weight is 488 g/mol. The number of hydrogen-bond donors (Lipinski definition) is 1. The zero-order chi connectivity index (χ0) is 25.2. The predicted molar refractivity (Wildman–Crippen MR) is 134 cm³/mol. The Morgan fingerprint density at radius 1 is 1.09 bits per heavy atom. The standard InChI is InChI=1S/C27H25N3O4S/c1-17(29-26(33)34-27(2,3)4)18-11-13-19(14-12-18)23-22(28-16-35-23)10-7-15-30-24(31)20-8-5-6-9-21(20)25(30)32/h5-6,8-9,11-14,16-17H,15H2,1-4H3,(H,29,33). The van der Waals surface area contributed by atoms with E-state index in [4.69, 9.17) is 4.74 Å². The minimum Gasteiger partial charge on any atom is -0.444 e. The topological polar surface area (TPSA) is 88.6 Å². The van der Waals surface area contributed by atoms with Crippen molar-refractivity contribution in [2.75, 3.05) is 6.54 Å². The van der Waals surface area contributed by atoms with Crippen molar-refractivity contribution in [1.82, 2.24) is 15.2 Å². The van der Waals surface area contributed by atoms with Gasteiger partial charge in [-0.3, -0.25) is 14.5 Å². The zero-order valence-electron chi connectivity index (χ0n) is 19.9. The highest BCUT2D eigenvalue weighted by molar-refractivity contribution is 7.13. The van der Waals surface area contributed by atoms with Crippen molar-refractivity contribution < 1.29 is 19.1 Å². The van der Waals surface area contributed by atoms with Gasteiger partial charge in [-0.25, -0.2) is 9.78 Å². The zero-order valence-corrected chi connectivity index (χ0v) is 20.7. The molecule has 1 aliphatic heterocycles. The summed E-state index contributed by atoms with van der Waals surface area (Å²) in [5.74, 6) is 5.26. The number of thiazole rings is 1. The molecule has 1 aromatic heterocycles. The molecular formula is C27H25N3O4S. The second-order valence-corrected chi connectivity index (χ2v) is 9.92. The quantitative estimate of drug-likeness (QED) is 0.411. The summed E-state index contributed by atoms with van der Waals surface area (Å²) < 4.78 is 5.32. The van der Waals surface area contributed by atoms with Crippen LogP contribution in [0.4, 0.5) is 4.79 Å². The molecule has 1 aliphatic rings. The fourth-order valence-electron chi connectivity index (χ4n) is 3.62. The summed E-state index contributed by atoms with van der Waals surface area (Å²) in [6, 6.07) is 14.3. The molecule has 1 N–H and O–H groups in total. The molecule has 1 unspecified atom stereocenters. The van der Waals surface area contributed by atoms with E-state index in [-0.39, 0.29) is 24.4 Å². The lowest BCUT2D eigenvalue weighted by Gasteiger charge is -2.22. The van der Waals surface area contributed by atoms with Crippen molar-refractivity contribution in [3.05, 3.63) is 76.4 Å². The Morgan fingerprint density at radius 3 is 2.31 bits per heavy atom. The van der Waals surface area contributed by atoms with Crippen molar-refractivity contribution >= 4 is 29.2 Å². The van der Waals surface area contributed by atoms with Crippen molar-refractivity contribution in [3.63, 3.8) is 0 Å². The molecule has 1 atom stereocenters. The number of benzene rings is 2. The third kappa shape index (κ3) is 5.42. The summed E-state index contributed by atoms with van der Waals surface area (Å²) in [4.78, 5) is 43.4. The number of ether oxygens (including phenoxy) is 1. The van der Waals surface area contributed by atoms with E-state index in [0.29, 0.717) is 16.8 Å². The first kappa shape index (κ1) is 24.2. The summed E-state index contributed by atoms with van der Waals surface area (Å²) in [5, 5.41) is 2.83. The van der Waals surface area contributed by atoms with E-state index < -0.39 is 11.7 Å². The van der Waals surface area contributed by atoms with Crippen LogP contribution in [0.3, 0.4) is 0 Å². The van der Waals surface area contributed by atoms with Crippen LogP contribution >= 0.6 is 11.3 Å². The van der Waals surface area contributed by atoms with Crippen LogP contribution in [0.15, 0.2) is 54.0 Å². The molecule has 0 bridgehead atoms. The Hall–Kier alpha value is -3.96. The Balaban J connectivity index is 1.43. The first-order chi connectivity index (χ1) is 16.6. The van der Waals surface area contributed by atoms with Crippen molar-refractivity contribution in [2.45, 2.75) is 39.3 Å². The molecule has 0 radical (unpaired) electrons. The van der Waals surface area contributed by atoms with Gasteiger partial charge in [0.2, 0.25) is 0 Å². The highest BCUT2D eigenvalue weighted by atomic mass is 32.1. The molecule has 7 nitrogen and oxygen atoms in total. The number of alkyl carbamates (subject to hydrolysis) is 1. The van der Waals surface area contributed by atoms with Crippen LogP contribution in [0.5, 0.6) is 0 Å². The van der Waals surface area contributed by atoms with Crippen LogP contribution in [-0.2, 0) is 4.74 Å². The Bertz CT molecular complexity index is 1310. The first-order valence-corrected chi connectivity index (χ1v) is 12.0. The number of carbonyl (C=O) groups is 3. The van der Waals surface area contributed by atoms with Crippen LogP contribution in [0.1, 0.15) is 65.7 Å². The number of nitrogens with zero attached hydrogens (tertiary/aromatic N) is 2. The second-order valence-electron chi connectivity index (χ2n) is 9.06. The maximum Gasteiger partial charge on any atom is 0.408 e. The molecule has 0 fully saturated rings. The smallest absolute Gasteiger partial charge is 0.408 e. The van der Waals surface area contributed by atoms with E-state index in [9.17, 15) is 14.4 Å². The molecular weight excluding hydrogens is 462 g/mol. The van der Waals surface area contributed by atoms with Crippen molar-refractivity contribution in [2.24, 2.45) is 0 Å². The fourth-order valence-corrected chi connectivity index (χ4v) is 4.37. The molecule has 3 aromatic rings. The molecule has 35 heavy (non-hydrogen) atoms. The van der Waals surface area contributed by atoms with Gasteiger partial charge in [0.1, 0.15) is 11.3 Å². The minimum absolute atomic E-state index is 0.00387. The van der Waals surface area contributed by atoms with E-state index in [2.05, 4.69) is 22.1 Å². The molecule has 0 spiro atoms. The maximum atomic E-state index is 12.5. The summed E-state index contributed by atoms with van der Waals surface area (Å²) in [5.41, 5.74) is 4.42. The molecule has 2 aromatic carbocycles. The molecule has 0 aliphatic carbocycles. The second kappa shape index (κ2) is 9.72. The maximum absolute atomic E-state index is 12.5. The van der Waals surface area contributed by atoms with E-state index in [0.717, 1.165) is 20.9 Å². The number of nitrogens with one attached hydrogen (secondary N) is 1. The van der Waals surface area contributed by atoms with Gasteiger partial charge >= 0.3 is 6.09 Å². The third-order valence-corrected chi connectivity index (χ3v) is 6.17. The molecule has 2 heterocycles. The lowest BCUT2D eigenvalue weighted by atomic mass is 10.0. The van der Waals surface area contributed by atoms with Gasteiger partial charge in [-0.05, 0) is 56.9 Å². The largest absolute Gasteiger partial charge is 0.444 e. The first-order valence-electron chi connectivity index (χ1n) is 11.1. The highest BCUT2D eigenvalue weighted by Crippen LogP contribution is 2.29. The monoisotopic (exact) mass is 487 g/mol. The summed E-state index contributed by atoms with van der Waals surface area (Å²) >= 11 is 1.46. The Morgan fingerprint density at radius 2 is 1.71 bits per heavy atom. The van der Waals surface area contributed by atoms with Crippen LogP contribution in [-0.4, -0.2) is 39.9 Å². The SMILES string of the molecule is CC(NC(=O)OC(C)(C)C)c1ccc(-c2scnc2C#CCN2C(=O)c3ccccc3C2=O)cc1. The van der Waals surface area contributed by atoms with Crippen LogP contribution in [0, 0.1) is 11.8 Å². The van der Waals surface area contributed by atoms with Gasteiger partial charge in [0.15, 0.2) is 0 Å². The normalized spacial score (nSPS) is 13.7. The van der Waals surface area contributed by atoms with Crippen LogP contribution in [0.2, 0.25) is 0 Å². The van der Waals surface area contributed by atoms with Gasteiger partial charge < -0.3 is 10.1 Å². The fraction of sp³-hybridized carbons (Fsp3) is 0.259. The van der Waals surface area contributed by atoms with E-state index >= 15 is 0 Å². The lowest BCUT2D eigenvalue weighted by Crippen LogP contribution is -2.34. The van der Waals surface area contributed by atoms with Gasteiger partial charge in [0.25, 0.3) is 11.8 Å². The minimum atomic E-state index is -0.559. The third-order valence-electron chi connectivity index (χ3n) is 5.30. The number of amides is 3. The average Bonchev–Trinajstić information content (AvgIpc) is 3.37. The molecule has 3 amide bonds.